The zero-order valence-electron chi connectivity index (χ0n) is 8.95. The van der Waals surface area contributed by atoms with Gasteiger partial charge in [0.05, 0.1) is 13.2 Å². The van der Waals surface area contributed by atoms with Crippen molar-refractivity contribution < 1.29 is 13.9 Å². The van der Waals surface area contributed by atoms with Gasteiger partial charge in [-0.05, 0) is 19.1 Å². The van der Waals surface area contributed by atoms with E-state index in [-0.39, 0.29) is 5.75 Å². The fourth-order valence-corrected chi connectivity index (χ4v) is 1.05. The van der Waals surface area contributed by atoms with Gasteiger partial charge in [-0.15, -0.1) is 0 Å². The van der Waals surface area contributed by atoms with Crippen LogP contribution in [-0.2, 0) is 4.79 Å². The number of rotatable bonds is 3. The van der Waals surface area contributed by atoms with Gasteiger partial charge in [0, 0.05) is 11.8 Å². The number of nitrogens with zero attached hydrogens (tertiary/aromatic N) is 1. The second-order valence-electron chi connectivity index (χ2n) is 3.19. The van der Waals surface area contributed by atoms with Crippen molar-refractivity contribution in [1.29, 1.82) is 5.26 Å². The van der Waals surface area contributed by atoms with Crippen LogP contribution in [0.15, 0.2) is 18.2 Å². The standard InChI is InChI=1S/C11H11FN2O2/c1-7(6-13)11(15)14-8-3-4-9(12)10(5-8)16-2/h3-5,7H,1-2H3,(H,14,15). The van der Waals surface area contributed by atoms with E-state index in [1.165, 1.54) is 32.2 Å². The second kappa shape index (κ2) is 5.12. The van der Waals surface area contributed by atoms with E-state index in [1.54, 1.807) is 0 Å². The highest BCUT2D eigenvalue weighted by atomic mass is 19.1. The van der Waals surface area contributed by atoms with Crippen LogP contribution in [0.2, 0.25) is 0 Å². The molecule has 0 aliphatic carbocycles. The van der Waals surface area contributed by atoms with Crippen molar-refractivity contribution >= 4 is 11.6 Å². The number of amides is 1. The zero-order chi connectivity index (χ0) is 12.1. The first-order valence-corrected chi connectivity index (χ1v) is 4.62. The molecule has 0 saturated heterocycles. The molecule has 0 aliphatic heterocycles. The first kappa shape index (κ1) is 12.0. The number of carbonyl (C=O) groups excluding carboxylic acids is 1. The molecule has 84 valence electrons. The van der Waals surface area contributed by atoms with Gasteiger partial charge >= 0.3 is 0 Å². The molecule has 0 aliphatic rings. The molecule has 1 aromatic carbocycles. The molecular formula is C11H11FN2O2. The number of halogens is 1. The number of anilines is 1. The number of nitriles is 1. The molecule has 16 heavy (non-hydrogen) atoms. The Labute approximate surface area is 92.6 Å². The van der Waals surface area contributed by atoms with Gasteiger partial charge in [0.2, 0.25) is 5.91 Å². The number of carbonyl (C=O) groups is 1. The molecule has 1 aromatic rings. The average Bonchev–Trinajstić information content (AvgIpc) is 2.30. The molecule has 0 fully saturated rings. The molecule has 4 nitrogen and oxygen atoms in total. The minimum Gasteiger partial charge on any atom is -0.494 e. The number of hydrogen-bond acceptors (Lipinski definition) is 3. The van der Waals surface area contributed by atoms with Crippen LogP contribution in [0, 0.1) is 23.1 Å². The van der Waals surface area contributed by atoms with E-state index >= 15 is 0 Å². The molecule has 1 atom stereocenters. The molecule has 1 amide bonds. The predicted molar refractivity (Wildman–Crippen MR) is 56.4 cm³/mol. The maximum absolute atomic E-state index is 13.0. The van der Waals surface area contributed by atoms with Crippen LogP contribution < -0.4 is 10.1 Å². The van der Waals surface area contributed by atoms with Crippen LogP contribution in [0.4, 0.5) is 10.1 Å². The quantitative estimate of drug-likeness (QED) is 0.849. The highest BCUT2D eigenvalue weighted by Gasteiger charge is 2.12. The predicted octanol–water partition coefficient (Wildman–Crippen LogP) is 1.93. The summed E-state index contributed by atoms with van der Waals surface area (Å²) in [7, 11) is 1.34. The van der Waals surface area contributed by atoms with Gasteiger partial charge in [0.15, 0.2) is 11.6 Å². The number of ether oxygens (including phenoxy) is 1. The van der Waals surface area contributed by atoms with Crippen molar-refractivity contribution in [2.24, 2.45) is 5.92 Å². The van der Waals surface area contributed by atoms with Gasteiger partial charge in [-0.25, -0.2) is 4.39 Å². The molecule has 5 heteroatoms. The van der Waals surface area contributed by atoms with Crippen LogP contribution in [0.25, 0.3) is 0 Å². The highest BCUT2D eigenvalue weighted by Crippen LogP contribution is 2.21. The van der Waals surface area contributed by atoms with Crippen molar-refractivity contribution in [3.05, 3.63) is 24.0 Å². The smallest absolute Gasteiger partial charge is 0.241 e. The topological polar surface area (TPSA) is 62.1 Å². The number of methoxy groups -OCH3 is 1. The Bertz CT molecular complexity index is 440. The van der Waals surface area contributed by atoms with E-state index in [0.717, 1.165) is 0 Å². The lowest BCUT2D eigenvalue weighted by atomic mass is 10.2. The first-order chi connectivity index (χ1) is 7.58. The van der Waals surface area contributed by atoms with Gasteiger partial charge in [0.25, 0.3) is 0 Å². The Morgan fingerprint density at radius 1 is 1.62 bits per heavy atom. The summed E-state index contributed by atoms with van der Waals surface area (Å²) in [6.07, 6.45) is 0. The van der Waals surface area contributed by atoms with E-state index in [1.807, 2.05) is 6.07 Å². The zero-order valence-corrected chi connectivity index (χ0v) is 8.95. The highest BCUT2D eigenvalue weighted by molar-refractivity contribution is 5.93. The van der Waals surface area contributed by atoms with Crippen molar-refractivity contribution in [3.8, 4) is 11.8 Å². The Hall–Kier alpha value is -2.09. The van der Waals surface area contributed by atoms with E-state index in [0.29, 0.717) is 5.69 Å². The summed E-state index contributed by atoms with van der Waals surface area (Å²) >= 11 is 0. The van der Waals surface area contributed by atoms with E-state index in [4.69, 9.17) is 10.00 Å². The second-order valence-corrected chi connectivity index (χ2v) is 3.19. The lowest BCUT2D eigenvalue weighted by molar-refractivity contribution is -0.117. The SMILES string of the molecule is COc1cc(NC(=O)C(C)C#N)ccc1F. The molecule has 0 aromatic heterocycles. The molecule has 0 heterocycles. The fourth-order valence-electron chi connectivity index (χ4n) is 1.05. The average molecular weight is 222 g/mol. The number of benzene rings is 1. The molecular weight excluding hydrogens is 211 g/mol. The summed E-state index contributed by atoms with van der Waals surface area (Å²) in [6, 6.07) is 5.75. The summed E-state index contributed by atoms with van der Waals surface area (Å²) < 4.78 is 17.8. The lowest BCUT2D eigenvalue weighted by Crippen LogP contribution is -2.18. The van der Waals surface area contributed by atoms with Gasteiger partial charge in [-0.2, -0.15) is 5.26 Å². The maximum Gasteiger partial charge on any atom is 0.241 e. The molecule has 0 spiro atoms. The van der Waals surface area contributed by atoms with Gasteiger partial charge < -0.3 is 10.1 Å². The van der Waals surface area contributed by atoms with Crippen LogP contribution >= 0.6 is 0 Å². The van der Waals surface area contributed by atoms with Gasteiger partial charge in [-0.1, -0.05) is 0 Å². The van der Waals surface area contributed by atoms with Gasteiger partial charge in [-0.3, -0.25) is 4.79 Å². The number of hydrogen-bond donors (Lipinski definition) is 1. The van der Waals surface area contributed by atoms with Crippen molar-refractivity contribution in [1.82, 2.24) is 0 Å². The fraction of sp³-hybridized carbons (Fsp3) is 0.273. The molecule has 1 N–H and O–H groups in total. The largest absolute Gasteiger partial charge is 0.494 e. The lowest BCUT2D eigenvalue weighted by Gasteiger charge is -2.08. The normalized spacial score (nSPS) is 11.4. The summed E-state index contributed by atoms with van der Waals surface area (Å²) in [5.41, 5.74) is 0.394. The maximum atomic E-state index is 13.0. The Balaban J connectivity index is 2.83. The third kappa shape index (κ3) is 2.70. The summed E-state index contributed by atoms with van der Waals surface area (Å²) in [5.74, 6) is -1.65. The monoisotopic (exact) mass is 222 g/mol. The summed E-state index contributed by atoms with van der Waals surface area (Å²) in [6.45, 7) is 1.48. The van der Waals surface area contributed by atoms with Crippen LogP contribution in [0.3, 0.4) is 0 Å². The molecule has 0 bridgehead atoms. The van der Waals surface area contributed by atoms with E-state index < -0.39 is 17.6 Å². The molecule has 1 rings (SSSR count). The third-order valence-corrected chi connectivity index (χ3v) is 2.01. The van der Waals surface area contributed by atoms with Crippen LogP contribution in [-0.4, -0.2) is 13.0 Å². The molecule has 0 radical (unpaired) electrons. The van der Waals surface area contributed by atoms with Crippen molar-refractivity contribution in [2.45, 2.75) is 6.92 Å². The van der Waals surface area contributed by atoms with Gasteiger partial charge in [0.1, 0.15) is 5.92 Å². The van der Waals surface area contributed by atoms with Crippen molar-refractivity contribution in [3.63, 3.8) is 0 Å². The third-order valence-electron chi connectivity index (χ3n) is 2.01. The first-order valence-electron chi connectivity index (χ1n) is 4.62. The van der Waals surface area contributed by atoms with Crippen molar-refractivity contribution in [2.75, 3.05) is 12.4 Å². The molecule has 0 saturated carbocycles. The van der Waals surface area contributed by atoms with E-state index in [9.17, 15) is 9.18 Å². The van der Waals surface area contributed by atoms with Crippen LogP contribution in [0.1, 0.15) is 6.92 Å². The Morgan fingerprint density at radius 2 is 2.31 bits per heavy atom. The Morgan fingerprint density at radius 3 is 2.88 bits per heavy atom. The summed E-state index contributed by atoms with van der Waals surface area (Å²) in [4.78, 5) is 11.4. The number of nitrogens with one attached hydrogen (secondary N) is 1. The van der Waals surface area contributed by atoms with Crippen LogP contribution in [0.5, 0.6) is 5.75 Å². The summed E-state index contributed by atoms with van der Waals surface area (Å²) in [5, 5.41) is 11.0. The minimum atomic E-state index is -0.754. The Kier molecular flexibility index (Phi) is 3.84. The molecule has 1 unspecified atom stereocenters. The minimum absolute atomic E-state index is 0.0439. The van der Waals surface area contributed by atoms with E-state index in [2.05, 4.69) is 5.32 Å².